The first kappa shape index (κ1) is 12.5. The van der Waals surface area contributed by atoms with Crippen LogP contribution in [0.1, 0.15) is 16.7 Å². The van der Waals surface area contributed by atoms with Gasteiger partial charge in [-0.3, -0.25) is 4.99 Å². The van der Waals surface area contributed by atoms with Crippen LogP contribution in [-0.4, -0.2) is 12.8 Å². The number of nitrogen functional groups attached to an aromatic ring is 1. The van der Waals surface area contributed by atoms with Crippen LogP contribution in [-0.2, 0) is 6.54 Å². The van der Waals surface area contributed by atoms with Crippen molar-refractivity contribution in [2.45, 2.75) is 6.54 Å². The minimum atomic E-state index is 0.728. The largest absolute Gasteiger partial charge is 0.399 e. The van der Waals surface area contributed by atoms with Crippen molar-refractivity contribution in [2.75, 3.05) is 12.3 Å². The van der Waals surface area contributed by atoms with Crippen molar-refractivity contribution in [1.29, 1.82) is 0 Å². The van der Waals surface area contributed by atoms with Gasteiger partial charge in [0.05, 0.1) is 6.54 Å². The van der Waals surface area contributed by atoms with Gasteiger partial charge in [-0.1, -0.05) is 36.4 Å². The molecule has 1 aliphatic heterocycles. The highest BCUT2D eigenvalue weighted by atomic mass is 14.8. The molecule has 1 heterocycles. The Morgan fingerprint density at radius 1 is 1.10 bits per heavy atom. The van der Waals surface area contributed by atoms with Crippen LogP contribution in [0.5, 0.6) is 0 Å². The Morgan fingerprint density at radius 2 is 1.90 bits per heavy atom. The van der Waals surface area contributed by atoms with Gasteiger partial charge < -0.3 is 11.1 Å². The smallest absolute Gasteiger partial charge is 0.0660 e. The summed E-state index contributed by atoms with van der Waals surface area (Å²) in [6, 6.07) is 16.2. The van der Waals surface area contributed by atoms with E-state index < -0.39 is 0 Å². The summed E-state index contributed by atoms with van der Waals surface area (Å²) >= 11 is 0. The van der Waals surface area contributed by atoms with Crippen molar-refractivity contribution in [2.24, 2.45) is 4.99 Å². The summed E-state index contributed by atoms with van der Waals surface area (Å²) < 4.78 is 0. The molecule has 0 amide bonds. The fourth-order valence-corrected chi connectivity index (χ4v) is 2.28. The van der Waals surface area contributed by atoms with E-state index in [1.807, 2.05) is 36.5 Å². The lowest BCUT2D eigenvalue weighted by molar-refractivity contribution is 0.869. The molecule has 0 bridgehead atoms. The maximum atomic E-state index is 5.68. The number of hydrogen-bond donors (Lipinski definition) is 2. The summed E-state index contributed by atoms with van der Waals surface area (Å²) in [5, 5.41) is 3.36. The van der Waals surface area contributed by atoms with E-state index in [1.54, 1.807) is 0 Å². The standard InChI is InChI=1S/C17H17N3/c18-16-7-5-13(6-8-16)9-19-11-15-12-20-10-14-3-1-2-4-17(14)15/h1-8,10-11,19H,9,12,18H2. The zero-order valence-corrected chi connectivity index (χ0v) is 11.2. The van der Waals surface area contributed by atoms with Gasteiger partial charge in [-0.15, -0.1) is 0 Å². The van der Waals surface area contributed by atoms with E-state index in [4.69, 9.17) is 5.73 Å². The van der Waals surface area contributed by atoms with Gasteiger partial charge in [0.2, 0.25) is 0 Å². The minimum absolute atomic E-state index is 0.728. The number of fused-ring (bicyclic) bond motifs is 1. The van der Waals surface area contributed by atoms with Gasteiger partial charge in [0, 0.05) is 24.6 Å². The maximum absolute atomic E-state index is 5.68. The number of nitrogens with two attached hydrogens (primary N) is 1. The number of hydrogen-bond acceptors (Lipinski definition) is 3. The van der Waals surface area contributed by atoms with Gasteiger partial charge in [0.15, 0.2) is 0 Å². The first-order chi connectivity index (χ1) is 9.83. The van der Waals surface area contributed by atoms with E-state index in [1.165, 1.54) is 22.3 Å². The third kappa shape index (κ3) is 2.72. The summed E-state index contributed by atoms with van der Waals surface area (Å²) in [6.45, 7) is 1.52. The van der Waals surface area contributed by atoms with Crippen LogP contribution >= 0.6 is 0 Å². The number of rotatable bonds is 3. The SMILES string of the molecule is Nc1ccc(CNC=C2CN=Cc3ccccc32)cc1. The first-order valence-corrected chi connectivity index (χ1v) is 6.69. The lowest BCUT2D eigenvalue weighted by Crippen LogP contribution is -2.09. The summed E-state index contributed by atoms with van der Waals surface area (Å²) in [5.74, 6) is 0. The molecule has 0 fully saturated rings. The number of nitrogens with one attached hydrogen (secondary N) is 1. The number of aliphatic imine (C=N–C) groups is 1. The molecule has 2 aromatic rings. The van der Waals surface area contributed by atoms with Crippen molar-refractivity contribution < 1.29 is 0 Å². The van der Waals surface area contributed by atoms with E-state index in [0.29, 0.717) is 0 Å². The molecule has 3 rings (SSSR count). The maximum Gasteiger partial charge on any atom is 0.0660 e. The Kier molecular flexibility index (Phi) is 3.50. The van der Waals surface area contributed by atoms with Gasteiger partial charge in [0.1, 0.15) is 0 Å². The molecule has 0 aromatic heterocycles. The Bertz CT molecular complexity index is 654. The van der Waals surface area contributed by atoms with Crippen LogP contribution in [0.3, 0.4) is 0 Å². The Hall–Kier alpha value is -2.55. The molecule has 2 aromatic carbocycles. The minimum Gasteiger partial charge on any atom is -0.399 e. The fourth-order valence-electron chi connectivity index (χ4n) is 2.28. The highest BCUT2D eigenvalue weighted by Crippen LogP contribution is 2.21. The molecule has 0 unspecified atom stereocenters. The van der Waals surface area contributed by atoms with Crippen molar-refractivity contribution in [3.05, 3.63) is 71.4 Å². The molecule has 3 N–H and O–H groups in total. The van der Waals surface area contributed by atoms with Crippen molar-refractivity contribution in [3.63, 3.8) is 0 Å². The van der Waals surface area contributed by atoms with Crippen molar-refractivity contribution in [3.8, 4) is 0 Å². The van der Waals surface area contributed by atoms with Crippen LogP contribution in [0.25, 0.3) is 5.57 Å². The van der Waals surface area contributed by atoms with Crippen LogP contribution < -0.4 is 11.1 Å². The lowest BCUT2D eigenvalue weighted by Gasteiger charge is -2.14. The van der Waals surface area contributed by atoms with Gasteiger partial charge in [-0.05, 0) is 34.4 Å². The molecule has 3 heteroatoms. The van der Waals surface area contributed by atoms with Gasteiger partial charge in [-0.25, -0.2) is 0 Å². The van der Waals surface area contributed by atoms with Crippen LogP contribution in [0.15, 0.2) is 59.7 Å². The average molecular weight is 263 g/mol. The fraction of sp³-hybridized carbons (Fsp3) is 0.118. The first-order valence-electron chi connectivity index (χ1n) is 6.69. The van der Waals surface area contributed by atoms with E-state index in [9.17, 15) is 0 Å². The Balaban J connectivity index is 1.71. The molecule has 0 spiro atoms. The monoisotopic (exact) mass is 263 g/mol. The van der Waals surface area contributed by atoms with E-state index in [0.717, 1.165) is 18.8 Å². The predicted octanol–water partition coefficient (Wildman–Crippen LogP) is 2.83. The third-order valence-electron chi connectivity index (χ3n) is 3.36. The van der Waals surface area contributed by atoms with E-state index in [2.05, 4.69) is 34.7 Å². The molecular formula is C17H17N3. The Labute approximate surface area is 118 Å². The second-order valence-corrected chi connectivity index (χ2v) is 4.85. The number of benzene rings is 2. The Morgan fingerprint density at radius 3 is 2.75 bits per heavy atom. The van der Waals surface area contributed by atoms with E-state index >= 15 is 0 Å². The molecule has 1 aliphatic rings. The van der Waals surface area contributed by atoms with E-state index in [-0.39, 0.29) is 0 Å². The molecule has 0 saturated heterocycles. The number of anilines is 1. The van der Waals surface area contributed by atoms with Gasteiger partial charge in [-0.2, -0.15) is 0 Å². The summed E-state index contributed by atoms with van der Waals surface area (Å²) in [4.78, 5) is 4.39. The highest BCUT2D eigenvalue weighted by molar-refractivity contribution is 5.92. The molecule has 0 radical (unpaired) electrons. The number of nitrogens with zero attached hydrogens (tertiary/aromatic N) is 1. The van der Waals surface area contributed by atoms with Crippen molar-refractivity contribution in [1.82, 2.24) is 5.32 Å². The van der Waals surface area contributed by atoms with Crippen LogP contribution in [0.2, 0.25) is 0 Å². The molecular weight excluding hydrogens is 246 g/mol. The molecule has 0 atom stereocenters. The third-order valence-corrected chi connectivity index (χ3v) is 3.36. The van der Waals surface area contributed by atoms with Gasteiger partial charge in [0.25, 0.3) is 0 Å². The topological polar surface area (TPSA) is 50.4 Å². The second kappa shape index (κ2) is 5.61. The average Bonchev–Trinajstić information content (AvgIpc) is 2.49. The summed E-state index contributed by atoms with van der Waals surface area (Å²) in [6.07, 6.45) is 4.00. The summed E-state index contributed by atoms with van der Waals surface area (Å²) in [7, 11) is 0. The molecule has 3 nitrogen and oxygen atoms in total. The molecule has 0 aliphatic carbocycles. The molecule has 100 valence electrons. The normalized spacial score (nSPS) is 15.1. The van der Waals surface area contributed by atoms with Crippen molar-refractivity contribution >= 4 is 17.5 Å². The van der Waals surface area contributed by atoms with Gasteiger partial charge >= 0.3 is 0 Å². The zero-order chi connectivity index (χ0) is 13.8. The highest BCUT2D eigenvalue weighted by Gasteiger charge is 2.09. The summed E-state index contributed by atoms with van der Waals surface area (Å²) in [5.41, 5.74) is 11.3. The predicted molar refractivity (Wildman–Crippen MR) is 84.6 cm³/mol. The molecule has 20 heavy (non-hydrogen) atoms. The van der Waals surface area contributed by atoms with Crippen LogP contribution in [0, 0.1) is 0 Å². The van der Waals surface area contributed by atoms with Crippen LogP contribution in [0.4, 0.5) is 5.69 Å². The second-order valence-electron chi connectivity index (χ2n) is 4.85. The zero-order valence-electron chi connectivity index (χ0n) is 11.2. The molecule has 0 saturated carbocycles. The quantitative estimate of drug-likeness (QED) is 0.837. The lowest BCUT2D eigenvalue weighted by atomic mass is 9.99.